The third-order valence-corrected chi connectivity index (χ3v) is 5.36. The van der Waals surface area contributed by atoms with Crippen molar-refractivity contribution in [3.05, 3.63) is 58.4 Å². The highest BCUT2D eigenvalue weighted by Gasteiger charge is 2.26. The number of likely N-dealkylation sites (tertiary alicyclic amines) is 1. The second-order valence-corrected chi connectivity index (χ2v) is 7.07. The highest BCUT2D eigenvalue weighted by atomic mass is 16.2. The minimum absolute atomic E-state index is 0.0141. The molecule has 0 amide bonds. The van der Waals surface area contributed by atoms with Crippen LogP contribution in [-0.2, 0) is 20.1 Å². The Bertz CT molecular complexity index is 968. The zero-order chi connectivity index (χ0) is 18.1. The third kappa shape index (κ3) is 3.05. The van der Waals surface area contributed by atoms with Crippen LogP contribution in [0.15, 0.2) is 41.3 Å². The van der Waals surface area contributed by atoms with Crippen LogP contribution in [0.25, 0.3) is 10.9 Å². The normalized spacial score (nSPS) is 18.5. The number of nitrogens with zero attached hydrogens (tertiary/aromatic N) is 5. The Hall–Kier alpha value is -2.47. The summed E-state index contributed by atoms with van der Waals surface area (Å²) in [7, 11) is 1.74. The first-order valence-electron chi connectivity index (χ1n) is 9.36. The lowest BCUT2D eigenvalue weighted by atomic mass is 9.96. The Balaban J connectivity index is 1.58. The molecule has 1 aliphatic rings. The maximum absolute atomic E-state index is 12.2. The first kappa shape index (κ1) is 17.0. The summed E-state index contributed by atoms with van der Waals surface area (Å²) in [5.41, 5.74) is 2.34. The Morgan fingerprint density at radius 3 is 2.92 bits per heavy atom. The number of hydrogen-bond acceptors (Lipinski definition) is 4. The summed E-state index contributed by atoms with van der Waals surface area (Å²) >= 11 is 0. The second kappa shape index (κ2) is 7.03. The molecule has 1 atom stereocenters. The van der Waals surface area contributed by atoms with Gasteiger partial charge in [0, 0.05) is 44.2 Å². The van der Waals surface area contributed by atoms with E-state index in [0.717, 1.165) is 43.8 Å². The molecular weight excluding hydrogens is 326 g/mol. The monoisotopic (exact) mass is 351 g/mol. The van der Waals surface area contributed by atoms with E-state index >= 15 is 0 Å². The number of aryl methyl sites for hydroxylation is 1. The minimum atomic E-state index is -0.0141. The molecule has 3 aromatic rings. The maximum atomic E-state index is 12.2. The van der Waals surface area contributed by atoms with E-state index in [2.05, 4.69) is 39.2 Å². The van der Waals surface area contributed by atoms with Crippen molar-refractivity contribution < 1.29 is 0 Å². The average Bonchev–Trinajstić information content (AvgIpc) is 2.96. The topological polar surface area (TPSA) is 56.0 Å². The van der Waals surface area contributed by atoms with Crippen LogP contribution in [0.1, 0.15) is 37.1 Å². The van der Waals surface area contributed by atoms with E-state index in [1.807, 2.05) is 23.8 Å². The quantitative estimate of drug-likeness (QED) is 0.725. The van der Waals surface area contributed by atoms with Gasteiger partial charge in [0.15, 0.2) is 0 Å². The molecule has 1 saturated heterocycles. The van der Waals surface area contributed by atoms with Crippen LogP contribution >= 0.6 is 0 Å². The summed E-state index contributed by atoms with van der Waals surface area (Å²) in [5.74, 6) is 1.25. The van der Waals surface area contributed by atoms with Crippen LogP contribution in [0.5, 0.6) is 0 Å². The highest BCUT2D eigenvalue weighted by Crippen LogP contribution is 2.27. The standard InChI is InChI=1S/C20H25N5O/c1-3-25-19(22-23(2)20(25)26)16-7-6-12-24(14-16)13-15-10-11-21-18-9-5-4-8-17(15)18/h4-5,8-11,16H,3,6-7,12-14H2,1-2H3. The van der Waals surface area contributed by atoms with Crippen molar-refractivity contribution in [2.75, 3.05) is 13.1 Å². The van der Waals surface area contributed by atoms with Gasteiger partial charge < -0.3 is 0 Å². The van der Waals surface area contributed by atoms with E-state index in [1.165, 1.54) is 15.6 Å². The molecule has 136 valence electrons. The van der Waals surface area contributed by atoms with Crippen molar-refractivity contribution in [2.24, 2.45) is 7.05 Å². The number of hydrogen-bond donors (Lipinski definition) is 0. The van der Waals surface area contributed by atoms with Gasteiger partial charge in [-0.2, -0.15) is 5.10 Å². The molecule has 1 unspecified atom stereocenters. The molecule has 6 nitrogen and oxygen atoms in total. The molecule has 3 heterocycles. The summed E-state index contributed by atoms with van der Waals surface area (Å²) in [6.07, 6.45) is 4.11. The summed E-state index contributed by atoms with van der Waals surface area (Å²) in [6.45, 7) is 5.61. The smallest absolute Gasteiger partial charge is 0.298 e. The lowest BCUT2D eigenvalue weighted by Crippen LogP contribution is -2.35. The van der Waals surface area contributed by atoms with Crippen molar-refractivity contribution in [1.82, 2.24) is 24.2 Å². The van der Waals surface area contributed by atoms with E-state index in [9.17, 15) is 4.79 Å². The molecule has 4 rings (SSSR count). The molecule has 0 bridgehead atoms. The van der Waals surface area contributed by atoms with E-state index in [-0.39, 0.29) is 5.69 Å². The van der Waals surface area contributed by atoms with Crippen LogP contribution in [0, 0.1) is 0 Å². The first-order chi connectivity index (χ1) is 12.7. The number of fused-ring (bicyclic) bond motifs is 1. The zero-order valence-corrected chi connectivity index (χ0v) is 15.4. The van der Waals surface area contributed by atoms with E-state index in [0.29, 0.717) is 12.5 Å². The van der Waals surface area contributed by atoms with Crippen LogP contribution in [0.2, 0.25) is 0 Å². The van der Waals surface area contributed by atoms with Crippen LogP contribution in [-0.4, -0.2) is 37.3 Å². The van der Waals surface area contributed by atoms with Crippen LogP contribution in [0.4, 0.5) is 0 Å². The largest absolute Gasteiger partial charge is 0.345 e. The molecule has 1 fully saturated rings. The molecule has 0 saturated carbocycles. The number of piperidine rings is 1. The fourth-order valence-corrected chi connectivity index (χ4v) is 4.07. The van der Waals surface area contributed by atoms with Crippen molar-refractivity contribution in [3.63, 3.8) is 0 Å². The summed E-state index contributed by atoms with van der Waals surface area (Å²) in [4.78, 5) is 19.2. The van der Waals surface area contributed by atoms with Gasteiger partial charge in [-0.25, -0.2) is 9.48 Å². The van der Waals surface area contributed by atoms with Gasteiger partial charge in [0.25, 0.3) is 0 Å². The molecule has 6 heteroatoms. The maximum Gasteiger partial charge on any atom is 0.345 e. The van der Waals surface area contributed by atoms with Gasteiger partial charge >= 0.3 is 5.69 Å². The molecule has 0 radical (unpaired) electrons. The molecule has 0 spiro atoms. The predicted molar refractivity (Wildman–Crippen MR) is 102 cm³/mol. The fourth-order valence-electron chi connectivity index (χ4n) is 4.07. The molecule has 0 aliphatic carbocycles. The predicted octanol–water partition coefficient (Wildman–Crippen LogP) is 2.53. The average molecular weight is 351 g/mol. The molecule has 26 heavy (non-hydrogen) atoms. The molecular formula is C20H25N5O. The van der Waals surface area contributed by atoms with E-state index in [1.54, 1.807) is 7.05 Å². The van der Waals surface area contributed by atoms with Crippen molar-refractivity contribution in [1.29, 1.82) is 0 Å². The molecule has 1 aromatic carbocycles. The lowest BCUT2D eigenvalue weighted by molar-refractivity contribution is 0.195. The Kier molecular flexibility index (Phi) is 4.59. The number of para-hydroxylation sites is 1. The minimum Gasteiger partial charge on any atom is -0.298 e. The number of aromatic nitrogens is 4. The van der Waals surface area contributed by atoms with Gasteiger partial charge in [0.2, 0.25) is 0 Å². The summed E-state index contributed by atoms with van der Waals surface area (Å²) < 4.78 is 3.28. The van der Waals surface area contributed by atoms with Crippen molar-refractivity contribution in [3.8, 4) is 0 Å². The van der Waals surface area contributed by atoms with E-state index in [4.69, 9.17) is 0 Å². The van der Waals surface area contributed by atoms with Crippen molar-refractivity contribution in [2.45, 2.75) is 38.8 Å². The van der Waals surface area contributed by atoms with Gasteiger partial charge in [-0.3, -0.25) is 14.5 Å². The van der Waals surface area contributed by atoms with Gasteiger partial charge in [0.05, 0.1) is 5.52 Å². The molecule has 1 aliphatic heterocycles. The number of pyridine rings is 1. The van der Waals surface area contributed by atoms with Gasteiger partial charge in [0.1, 0.15) is 5.82 Å². The fraction of sp³-hybridized carbons (Fsp3) is 0.450. The summed E-state index contributed by atoms with van der Waals surface area (Å²) in [5, 5.41) is 5.75. The van der Waals surface area contributed by atoms with Crippen molar-refractivity contribution >= 4 is 10.9 Å². The van der Waals surface area contributed by atoms with Gasteiger partial charge in [-0.15, -0.1) is 0 Å². The van der Waals surface area contributed by atoms with E-state index < -0.39 is 0 Å². The SMILES string of the molecule is CCn1c(C2CCCN(Cc3ccnc4ccccc34)C2)nn(C)c1=O. The second-order valence-electron chi connectivity index (χ2n) is 7.07. The Morgan fingerprint density at radius 2 is 2.08 bits per heavy atom. The Morgan fingerprint density at radius 1 is 1.23 bits per heavy atom. The number of benzene rings is 1. The molecule has 2 aromatic heterocycles. The molecule has 0 N–H and O–H groups in total. The lowest BCUT2D eigenvalue weighted by Gasteiger charge is -2.32. The van der Waals surface area contributed by atoms with Gasteiger partial charge in [-0.1, -0.05) is 18.2 Å². The van der Waals surface area contributed by atoms with Crippen LogP contribution < -0.4 is 5.69 Å². The van der Waals surface area contributed by atoms with Gasteiger partial charge in [-0.05, 0) is 44.0 Å². The first-order valence-corrected chi connectivity index (χ1v) is 9.36. The summed E-state index contributed by atoms with van der Waals surface area (Å²) in [6, 6.07) is 10.4. The zero-order valence-electron chi connectivity index (χ0n) is 15.4. The Labute approximate surface area is 153 Å². The highest BCUT2D eigenvalue weighted by molar-refractivity contribution is 5.81. The number of rotatable bonds is 4. The van der Waals surface area contributed by atoms with Crippen LogP contribution in [0.3, 0.4) is 0 Å². The third-order valence-electron chi connectivity index (χ3n) is 5.36.